The van der Waals surface area contributed by atoms with Crippen LogP contribution in [0.4, 0.5) is 0 Å². The molecule has 0 bridgehead atoms. The van der Waals surface area contributed by atoms with Crippen LogP contribution in [0, 0.1) is 11.3 Å². The summed E-state index contributed by atoms with van der Waals surface area (Å²) >= 11 is 0. The fraction of sp³-hybridized carbons (Fsp3) is 0.714. The fourth-order valence-electron chi connectivity index (χ4n) is 1.16. The fourth-order valence-corrected chi connectivity index (χ4v) is 1.16. The Morgan fingerprint density at radius 3 is 2.50 bits per heavy atom. The lowest BCUT2D eigenvalue weighted by Crippen LogP contribution is -2.13. The zero-order chi connectivity index (χ0) is 6.20. The third-order valence-corrected chi connectivity index (χ3v) is 2.29. The van der Waals surface area contributed by atoms with Crippen molar-refractivity contribution in [2.45, 2.75) is 13.3 Å². The van der Waals surface area contributed by atoms with Crippen molar-refractivity contribution in [2.75, 3.05) is 6.54 Å². The third kappa shape index (κ3) is 0.583. The van der Waals surface area contributed by atoms with Gasteiger partial charge in [0.2, 0.25) is 0 Å². The maximum Gasteiger partial charge on any atom is 0.00304 e. The Balaban J connectivity index is 2.51. The van der Waals surface area contributed by atoms with Crippen LogP contribution in [0.3, 0.4) is 0 Å². The van der Waals surface area contributed by atoms with Crippen LogP contribution in [-0.2, 0) is 0 Å². The van der Waals surface area contributed by atoms with Gasteiger partial charge in [-0.2, -0.15) is 0 Å². The Morgan fingerprint density at radius 2 is 2.50 bits per heavy atom. The summed E-state index contributed by atoms with van der Waals surface area (Å²) in [5, 5.41) is 0. The molecule has 1 rings (SSSR count). The van der Waals surface area contributed by atoms with E-state index in [9.17, 15) is 0 Å². The summed E-state index contributed by atoms with van der Waals surface area (Å²) in [7, 11) is 0. The largest absolute Gasteiger partial charge is 0.330 e. The normalized spacial score (nSPS) is 44.0. The second kappa shape index (κ2) is 1.59. The molecule has 0 spiro atoms. The number of hydrogen-bond acceptors (Lipinski definition) is 1. The minimum Gasteiger partial charge on any atom is -0.330 e. The van der Waals surface area contributed by atoms with Gasteiger partial charge in [0.05, 0.1) is 0 Å². The van der Waals surface area contributed by atoms with Crippen molar-refractivity contribution < 1.29 is 0 Å². The van der Waals surface area contributed by atoms with Crippen LogP contribution in [-0.4, -0.2) is 6.54 Å². The molecule has 1 aliphatic rings. The molecule has 46 valence electrons. The lowest BCUT2D eigenvalue weighted by atomic mass is 10.1. The van der Waals surface area contributed by atoms with Gasteiger partial charge < -0.3 is 5.73 Å². The first-order valence-electron chi connectivity index (χ1n) is 3.09. The Labute approximate surface area is 50.6 Å². The Morgan fingerprint density at radius 1 is 2.00 bits per heavy atom. The van der Waals surface area contributed by atoms with Crippen LogP contribution >= 0.6 is 0 Å². The van der Waals surface area contributed by atoms with E-state index in [4.69, 9.17) is 5.73 Å². The molecule has 0 amide bonds. The van der Waals surface area contributed by atoms with E-state index in [1.807, 2.05) is 6.08 Å². The van der Waals surface area contributed by atoms with Crippen LogP contribution in [0.5, 0.6) is 0 Å². The molecule has 0 aromatic heterocycles. The summed E-state index contributed by atoms with van der Waals surface area (Å²) in [4.78, 5) is 0. The molecule has 1 nitrogen and oxygen atoms in total. The van der Waals surface area contributed by atoms with Crippen molar-refractivity contribution in [3.8, 4) is 0 Å². The van der Waals surface area contributed by atoms with Gasteiger partial charge in [0.25, 0.3) is 0 Å². The van der Waals surface area contributed by atoms with Crippen LogP contribution < -0.4 is 5.73 Å². The molecule has 1 saturated carbocycles. The van der Waals surface area contributed by atoms with Gasteiger partial charge in [0.1, 0.15) is 0 Å². The maximum atomic E-state index is 5.50. The van der Waals surface area contributed by atoms with Crippen LogP contribution in [0.1, 0.15) is 13.3 Å². The average molecular weight is 111 g/mol. The number of hydrogen-bond donors (Lipinski definition) is 1. The van der Waals surface area contributed by atoms with Gasteiger partial charge in [-0.15, -0.1) is 6.58 Å². The average Bonchev–Trinajstić information content (AvgIpc) is 2.43. The van der Waals surface area contributed by atoms with Crippen LogP contribution in [0.15, 0.2) is 12.7 Å². The van der Waals surface area contributed by atoms with Crippen molar-refractivity contribution in [2.24, 2.45) is 17.1 Å². The molecule has 0 saturated heterocycles. The highest BCUT2D eigenvalue weighted by Gasteiger charge is 2.46. The monoisotopic (exact) mass is 111 g/mol. The SMILES string of the molecule is C=CC1(CN)CC1C. The number of nitrogens with two attached hydrogens (primary N) is 1. The summed E-state index contributed by atoms with van der Waals surface area (Å²) in [6.07, 6.45) is 3.24. The first-order chi connectivity index (χ1) is 3.75. The molecule has 2 atom stereocenters. The summed E-state index contributed by atoms with van der Waals surface area (Å²) in [5.41, 5.74) is 5.83. The highest BCUT2D eigenvalue weighted by molar-refractivity contribution is 5.11. The van der Waals surface area contributed by atoms with E-state index in [0.717, 1.165) is 12.5 Å². The molecule has 0 aliphatic heterocycles. The highest BCUT2D eigenvalue weighted by atomic mass is 14.7. The van der Waals surface area contributed by atoms with Crippen molar-refractivity contribution in [3.63, 3.8) is 0 Å². The zero-order valence-corrected chi connectivity index (χ0v) is 5.35. The zero-order valence-electron chi connectivity index (χ0n) is 5.35. The first-order valence-corrected chi connectivity index (χ1v) is 3.09. The van der Waals surface area contributed by atoms with Crippen molar-refractivity contribution in [1.29, 1.82) is 0 Å². The molecule has 0 aromatic rings. The number of rotatable bonds is 2. The molecule has 0 aromatic carbocycles. The highest BCUT2D eigenvalue weighted by Crippen LogP contribution is 2.51. The van der Waals surface area contributed by atoms with Crippen LogP contribution in [0.2, 0.25) is 0 Å². The van der Waals surface area contributed by atoms with E-state index >= 15 is 0 Å². The molecule has 0 heterocycles. The predicted octanol–water partition coefficient (Wildman–Crippen LogP) is 1.16. The molecule has 1 aliphatic carbocycles. The van der Waals surface area contributed by atoms with Crippen molar-refractivity contribution in [3.05, 3.63) is 12.7 Å². The van der Waals surface area contributed by atoms with Gasteiger partial charge >= 0.3 is 0 Å². The van der Waals surface area contributed by atoms with Crippen molar-refractivity contribution in [1.82, 2.24) is 0 Å². The summed E-state index contributed by atoms with van der Waals surface area (Å²) < 4.78 is 0. The van der Waals surface area contributed by atoms with E-state index in [0.29, 0.717) is 5.41 Å². The van der Waals surface area contributed by atoms with E-state index in [-0.39, 0.29) is 0 Å². The molecular formula is C7H13N. The molecule has 1 fully saturated rings. The van der Waals surface area contributed by atoms with Gasteiger partial charge in [-0.25, -0.2) is 0 Å². The van der Waals surface area contributed by atoms with Crippen LogP contribution in [0.25, 0.3) is 0 Å². The molecular weight excluding hydrogens is 98.1 g/mol. The first kappa shape index (κ1) is 5.83. The summed E-state index contributed by atoms with van der Waals surface area (Å²) in [5.74, 6) is 0.782. The van der Waals surface area contributed by atoms with E-state index in [1.165, 1.54) is 6.42 Å². The standard InChI is InChI=1S/C7H13N/c1-3-7(5-8)4-6(7)2/h3,6H,1,4-5,8H2,2H3. The van der Waals surface area contributed by atoms with Gasteiger partial charge in [0.15, 0.2) is 0 Å². The minimum absolute atomic E-state index is 0.333. The molecule has 2 N–H and O–H groups in total. The topological polar surface area (TPSA) is 26.0 Å². The molecule has 8 heavy (non-hydrogen) atoms. The minimum atomic E-state index is 0.333. The predicted molar refractivity (Wildman–Crippen MR) is 35.5 cm³/mol. The van der Waals surface area contributed by atoms with E-state index < -0.39 is 0 Å². The molecule has 1 heteroatoms. The Bertz CT molecular complexity index is 105. The van der Waals surface area contributed by atoms with Crippen molar-refractivity contribution >= 4 is 0 Å². The third-order valence-electron chi connectivity index (χ3n) is 2.29. The van der Waals surface area contributed by atoms with Gasteiger partial charge in [-0.1, -0.05) is 13.0 Å². The second-order valence-electron chi connectivity index (χ2n) is 2.75. The second-order valence-corrected chi connectivity index (χ2v) is 2.75. The van der Waals surface area contributed by atoms with Gasteiger partial charge in [-0.3, -0.25) is 0 Å². The van der Waals surface area contributed by atoms with Gasteiger partial charge in [0, 0.05) is 12.0 Å². The molecule has 0 radical (unpaired) electrons. The Hall–Kier alpha value is -0.300. The quantitative estimate of drug-likeness (QED) is 0.532. The maximum absolute atomic E-state index is 5.50. The van der Waals surface area contributed by atoms with E-state index in [1.54, 1.807) is 0 Å². The molecule has 2 unspecified atom stereocenters. The smallest absolute Gasteiger partial charge is 0.00304 e. The summed E-state index contributed by atoms with van der Waals surface area (Å²) in [6.45, 7) is 6.73. The lowest BCUT2D eigenvalue weighted by Gasteiger charge is -2.03. The Kier molecular flexibility index (Phi) is 1.16. The van der Waals surface area contributed by atoms with Gasteiger partial charge in [-0.05, 0) is 12.3 Å². The summed E-state index contributed by atoms with van der Waals surface area (Å²) in [6, 6.07) is 0. The lowest BCUT2D eigenvalue weighted by molar-refractivity contribution is 0.606. The van der Waals surface area contributed by atoms with E-state index in [2.05, 4.69) is 13.5 Å².